The zero-order valence-electron chi connectivity index (χ0n) is 20.8. The molecule has 0 saturated carbocycles. The number of nitrogens with two attached hydrogens (primary N) is 1. The fourth-order valence-electron chi connectivity index (χ4n) is 4.48. The van der Waals surface area contributed by atoms with E-state index in [1.54, 1.807) is 17.0 Å². The molecule has 1 unspecified atom stereocenters. The second-order valence-corrected chi connectivity index (χ2v) is 9.09. The molecule has 0 aromatic heterocycles. The minimum Gasteiger partial charge on any atom is -0.442 e. The lowest BCUT2D eigenvalue weighted by Gasteiger charge is -2.36. The highest BCUT2D eigenvalue weighted by molar-refractivity contribution is 5.90. The van der Waals surface area contributed by atoms with Crippen LogP contribution in [0.3, 0.4) is 0 Å². The van der Waals surface area contributed by atoms with Gasteiger partial charge in [-0.05, 0) is 30.2 Å². The number of rotatable bonds is 9. The van der Waals surface area contributed by atoms with Crippen molar-refractivity contribution in [2.75, 3.05) is 62.8 Å². The number of cyclic esters (lactones) is 1. The summed E-state index contributed by atoms with van der Waals surface area (Å²) in [5, 5.41) is 2.74. The summed E-state index contributed by atoms with van der Waals surface area (Å²) < 4.78 is 25.3. The summed E-state index contributed by atoms with van der Waals surface area (Å²) in [5.74, 6) is -0.891. The van der Waals surface area contributed by atoms with Crippen LogP contribution in [0.1, 0.15) is 5.56 Å². The van der Waals surface area contributed by atoms with E-state index < -0.39 is 24.1 Å². The van der Waals surface area contributed by atoms with Crippen LogP contribution in [-0.2, 0) is 25.5 Å². The SMILES string of the molecule is COCC(=O)N1CCN(c2ccc(N3C[C@@H](CNC(=O)C(N)Cc4ccccc4)OC3=O)cc2F)CC1. The van der Waals surface area contributed by atoms with Gasteiger partial charge in [-0.2, -0.15) is 0 Å². The van der Waals surface area contributed by atoms with Gasteiger partial charge in [0, 0.05) is 33.3 Å². The molecule has 37 heavy (non-hydrogen) atoms. The van der Waals surface area contributed by atoms with Crippen LogP contribution in [0.5, 0.6) is 0 Å². The van der Waals surface area contributed by atoms with Crippen molar-refractivity contribution >= 4 is 29.3 Å². The molecule has 0 spiro atoms. The zero-order chi connectivity index (χ0) is 26.4. The minimum absolute atomic E-state index is 0.0279. The summed E-state index contributed by atoms with van der Waals surface area (Å²) in [6.07, 6.45) is -0.793. The summed E-state index contributed by atoms with van der Waals surface area (Å²) in [7, 11) is 1.47. The molecule has 2 aromatic carbocycles. The van der Waals surface area contributed by atoms with Crippen LogP contribution < -0.4 is 20.9 Å². The Morgan fingerprint density at radius 1 is 1.16 bits per heavy atom. The second-order valence-electron chi connectivity index (χ2n) is 9.09. The van der Waals surface area contributed by atoms with Crippen molar-refractivity contribution in [2.24, 2.45) is 5.73 Å². The molecule has 4 rings (SSSR count). The zero-order valence-corrected chi connectivity index (χ0v) is 20.8. The van der Waals surface area contributed by atoms with Crippen molar-refractivity contribution in [1.29, 1.82) is 0 Å². The molecule has 0 aliphatic carbocycles. The molecular weight excluding hydrogens is 481 g/mol. The third kappa shape index (κ3) is 6.55. The quantitative estimate of drug-likeness (QED) is 0.516. The number of methoxy groups -OCH3 is 1. The molecule has 3 N–H and O–H groups in total. The molecule has 2 aliphatic heterocycles. The Bertz CT molecular complexity index is 1110. The highest BCUT2D eigenvalue weighted by Crippen LogP contribution is 2.28. The lowest BCUT2D eigenvalue weighted by Crippen LogP contribution is -2.50. The average molecular weight is 514 g/mol. The third-order valence-corrected chi connectivity index (χ3v) is 6.50. The van der Waals surface area contributed by atoms with Gasteiger partial charge in [0.05, 0.1) is 30.5 Å². The Morgan fingerprint density at radius 2 is 1.89 bits per heavy atom. The van der Waals surface area contributed by atoms with E-state index in [1.165, 1.54) is 18.1 Å². The maximum atomic E-state index is 15.0. The lowest BCUT2D eigenvalue weighted by atomic mass is 10.1. The molecule has 10 nitrogen and oxygen atoms in total. The first-order valence-corrected chi connectivity index (χ1v) is 12.2. The number of halogens is 1. The number of ether oxygens (including phenoxy) is 2. The largest absolute Gasteiger partial charge is 0.442 e. The Labute approximate surface area is 215 Å². The van der Waals surface area contributed by atoms with Crippen LogP contribution in [0.15, 0.2) is 48.5 Å². The number of carbonyl (C=O) groups excluding carboxylic acids is 3. The van der Waals surface area contributed by atoms with Crippen LogP contribution in [-0.4, -0.2) is 87.9 Å². The first-order chi connectivity index (χ1) is 17.9. The molecule has 2 aromatic rings. The predicted octanol–water partition coefficient (Wildman–Crippen LogP) is 1.13. The van der Waals surface area contributed by atoms with Crippen LogP contribution in [0.25, 0.3) is 0 Å². The summed E-state index contributed by atoms with van der Waals surface area (Å²) in [6.45, 7) is 2.24. The van der Waals surface area contributed by atoms with E-state index in [0.29, 0.717) is 44.0 Å². The van der Waals surface area contributed by atoms with E-state index in [0.717, 1.165) is 5.56 Å². The number of benzene rings is 2. The molecule has 198 valence electrons. The van der Waals surface area contributed by atoms with Crippen molar-refractivity contribution in [2.45, 2.75) is 18.6 Å². The van der Waals surface area contributed by atoms with Crippen LogP contribution >= 0.6 is 0 Å². The summed E-state index contributed by atoms with van der Waals surface area (Å²) in [6, 6.07) is 13.3. The smallest absolute Gasteiger partial charge is 0.414 e. The van der Waals surface area contributed by atoms with Crippen LogP contribution in [0, 0.1) is 5.82 Å². The Morgan fingerprint density at radius 3 is 2.57 bits per heavy atom. The second kappa shape index (κ2) is 12.0. The lowest BCUT2D eigenvalue weighted by molar-refractivity contribution is -0.135. The molecule has 2 fully saturated rings. The number of amides is 3. The molecule has 2 aliphatic rings. The normalized spacial score (nSPS) is 18.5. The van der Waals surface area contributed by atoms with Gasteiger partial charge in [-0.25, -0.2) is 9.18 Å². The monoisotopic (exact) mass is 513 g/mol. The van der Waals surface area contributed by atoms with Crippen molar-refractivity contribution in [3.05, 3.63) is 59.9 Å². The van der Waals surface area contributed by atoms with Gasteiger partial charge in [-0.3, -0.25) is 14.5 Å². The van der Waals surface area contributed by atoms with E-state index in [-0.39, 0.29) is 31.5 Å². The number of carbonyl (C=O) groups is 3. The minimum atomic E-state index is -0.725. The fraction of sp³-hybridized carbons (Fsp3) is 0.423. The van der Waals surface area contributed by atoms with Crippen LogP contribution in [0.4, 0.5) is 20.6 Å². The van der Waals surface area contributed by atoms with Gasteiger partial charge in [0.2, 0.25) is 11.8 Å². The van der Waals surface area contributed by atoms with Crippen molar-refractivity contribution in [1.82, 2.24) is 10.2 Å². The number of nitrogens with one attached hydrogen (secondary N) is 1. The molecule has 0 bridgehead atoms. The third-order valence-electron chi connectivity index (χ3n) is 6.50. The molecule has 11 heteroatoms. The molecular formula is C26H32FN5O5. The highest BCUT2D eigenvalue weighted by Gasteiger charge is 2.33. The summed E-state index contributed by atoms with van der Waals surface area (Å²) >= 11 is 0. The van der Waals surface area contributed by atoms with Crippen LogP contribution in [0.2, 0.25) is 0 Å². The molecule has 2 saturated heterocycles. The van der Waals surface area contributed by atoms with E-state index in [9.17, 15) is 14.4 Å². The number of anilines is 2. The summed E-state index contributed by atoms with van der Waals surface area (Å²) in [5.41, 5.74) is 7.74. The highest BCUT2D eigenvalue weighted by atomic mass is 19.1. The average Bonchev–Trinajstić information content (AvgIpc) is 3.28. The maximum absolute atomic E-state index is 15.0. The molecule has 2 atom stereocenters. The van der Waals surface area contributed by atoms with Crippen molar-refractivity contribution < 1.29 is 28.2 Å². The fourth-order valence-corrected chi connectivity index (χ4v) is 4.48. The van der Waals surface area contributed by atoms with Gasteiger partial charge in [0.1, 0.15) is 18.5 Å². The van der Waals surface area contributed by atoms with Gasteiger partial charge >= 0.3 is 6.09 Å². The van der Waals surface area contributed by atoms with E-state index in [1.807, 2.05) is 35.2 Å². The maximum Gasteiger partial charge on any atom is 0.414 e. The Balaban J connectivity index is 1.29. The number of hydrogen-bond acceptors (Lipinski definition) is 7. The van der Waals surface area contributed by atoms with Gasteiger partial charge in [0.25, 0.3) is 0 Å². The van der Waals surface area contributed by atoms with E-state index in [2.05, 4.69) is 5.32 Å². The predicted molar refractivity (Wildman–Crippen MR) is 136 cm³/mol. The molecule has 2 heterocycles. The molecule has 0 radical (unpaired) electrons. The topological polar surface area (TPSA) is 117 Å². The first-order valence-electron chi connectivity index (χ1n) is 12.2. The van der Waals surface area contributed by atoms with Gasteiger partial charge in [-0.1, -0.05) is 30.3 Å². The Hall–Kier alpha value is -3.70. The number of piperazine rings is 1. The first kappa shape index (κ1) is 26.4. The van der Waals surface area contributed by atoms with Gasteiger partial charge in [-0.15, -0.1) is 0 Å². The molecule has 3 amide bonds. The number of hydrogen-bond donors (Lipinski definition) is 2. The summed E-state index contributed by atoms with van der Waals surface area (Å²) in [4.78, 5) is 41.7. The number of nitrogens with zero attached hydrogens (tertiary/aromatic N) is 3. The van der Waals surface area contributed by atoms with E-state index >= 15 is 4.39 Å². The Kier molecular flexibility index (Phi) is 8.57. The van der Waals surface area contributed by atoms with Crippen molar-refractivity contribution in [3.8, 4) is 0 Å². The van der Waals surface area contributed by atoms with Crippen molar-refractivity contribution in [3.63, 3.8) is 0 Å². The van der Waals surface area contributed by atoms with Gasteiger partial charge in [0.15, 0.2) is 0 Å². The van der Waals surface area contributed by atoms with E-state index in [4.69, 9.17) is 15.2 Å². The standard InChI is InChI=1S/C26H32FN5O5/c1-36-17-24(33)31-11-9-30(10-12-31)23-8-7-19(14-21(23)27)32-16-20(37-26(32)35)15-29-25(34)22(28)13-18-5-3-2-4-6-18/h2-8,14,20,22H,9-13,15-17,28H2,1H3,(H,29,34)/t20-,22?/m1/s1. The van der Waals surface area contributed by atoms with Gasteiger partial charge < -0.3 is 30.3 Å².